The van der Waals surface area contributed by atoms with Gasteiger partial charge in [-0.15, -0.1) is 0 Å². The number of hydrogen-bond acceptors (Lipinski definition) is 6. The molecule has 0 saturated heterocycles. The molecular formula is C77H132O6. The van der Waals surface area contributed by atoms with Gasteiger partial charge in [0.15, 0.2) is 6.10 Å². The summed E-state index contributed by atoms with van der Waals surface area (Å²) in [6.07, 6.45) is 96.8. The molecular weight excluding hydrogens is 1020 g/mol. The average Bonchev–Trinajstić information content (AvgIpc) is 3.49. The normalized spacial score (nSPS) is 12.8. The van der Waals surface area contributed by atoms with Gasteiger partial charge in [0, 0.05) is 19.3 Å². The van der Waals surface area contributed by atoms with Crippen LogP contribution in [0.4, 0.5) is 0 Å². The summed E-state index contributed by atoms with van der Waals surface area (Å²) in [6, 6.07) is 0. The summed E-state index contributed by atoms with van der Waals surface area (Å²) >= 11 is 0. The Bertz CT molecular complexity index is 1660. The third-order valence-electron chi connectivity index (χ3n) is 15.2. The van der Waals surface area contributed by atoms with Crippen molar-refractivity contribution in [2.75, 3.05) is 13.2 Å². The van der Waals surface area contributed by atoms with E-state index in [1.165, 1.54) is 173 Å². The topological polar surface area (TPSA) is 78.9 Å². The van der Waals surface area contributed by atoms with Crippen LogP contribution in [-0.2, 0) is 28.6 Å². The van der Waals surface area contributed by atoms with Gasteiger partial charge >= 0.3 is 17.9 Å². The van der Waals surface area contributed by atoms with Gasteiger partial charge in [0.1, 0.15) is 13.2 Å². The highest BCUT2D eigenvalue weighted by Crippen LogP contribution is 2.16. The summed E-state index contributed by atoms with van der Waals surface area (Å²) in [6.45, 7) is 6.52. The molecule has 0 aromatic heterocycles. The molecule has 0 aliphatic carbocycles. The molecule has 0 heterocycles. The van der Waals surface area contributed by atoms with Crippen LogP contribution in [0.2, 0.25) is 0 Å². The Hall–Kier alpha value is -3.93. The van der Waals surface area contributed by atoms with Gasteiger partial charge in [0.05, 0.1) is 0 Å². The fourth-order valence-electron chi connectivity index (χ4n) is 9.94. The Labute approximate surface area is 514 Å². The summed E-state index contributed by atoms with van der Waals surface area (Å²) in [7, 11) is 0. The zero-order valence-corrected chi connectivity index (χ0v) is 54.7. The Balaban J connectivity index is 4.35. The molecule has 0 aromatic carbocycles. The molecule has 0 radical (unpaired) electrons. The van der Waals surface area contributed by atoms with Crippen molar-refractivity contribution in [3.8, 4) is 0 Å². The van der Waals surface area contributed by atoms with E-state index in [0.29, 0.717) is 19.3 Å². The maximum Gasteiger partial charge on any atom is 0.306 e. The molecule has 1 atom stereocenters. The van der Waals surface area contributed by atoms with Crippen molar-refractivity contribution in [3.05, 3.63) is 109 Å². The molecule has 0 aromatic rings. The highest BCUT2D eigenvalue weighted by Gasteiger charge is 2.19. The number of esters is 3. The fourth-order valence-corrected chi connectivity index (χ4v) is 9.94. The number of allylic oxidation sites excluding steroid dienone is 18. The van der Waals surface area contributed by atoms with Gasteiger partial charge < -0.3 is 14.2 Å². The zero-order chi connectivity index (χ0) is 59.9. The first-order valence-electron chi connectivity index (χ1n) is 35.4. The first kappa shape index (κ1) is 79.1. The Morgan fingerprint density at radius 2 is 0.470 bits per heavy atom. The molecule has 0 fully saturated rings. The van der Waals surface area contributed by atoms with Crippen LogP contribution >= 0.6 is 0 Å². The van der Waals surface area contributed by atoms with Gasteiger partial charge in [-0.1, -0.05) is 304 Å². The van der Waals surface area contributed by atoms with E-state index in [9.17, 15) is 14.4 Å². The average molecular weight is 1150 g/mol. The quantitative estimate of drug-likeness (QED) is 0.0261. The molecule has 0 amide bonds. The second-order valence-corrected chi connectivity index (χ2v) is 23.4. The Morgan fingerprint density at radius 3 is 0.735 bits per heavy atom. The fraction of sp³-hybridized carbons (Fsp3) is 0.727. The molecule has 0 saturated carbocycles. The third-order valence-corrected chi connectivity index (χ3v) is 15.2. The molecule has 6 nitrogen and oxygen atoms in total. The molecule has 0 spiro atoms. The van der Waals surface area contributed by atoms with E-state index in [-0.39, 0.29) is 31.1 Å². The van der Waals surface area contributed by atoms with Crippen LogP contribution in [-0.4, -0.2) is 37.2 Å². The minimum atomic E-state index is -0.794. The largest absolute Gasteiger partial charge is 0.462 e. The van der Waals surface area contributed by atoms with Gasteiger partial charge in [-0.25, -0.2) is 0 Å². The molecule has 0 N–H and O–H groups in total. The van der Waals surface area contributed by atoms with Crippen molar-refractivity contribution in [1.29, 1.82) is 0 Å². The number of carbonyl (C=O) groups excluding carboxylic acids is 3. The Morgan fingerprint density at radius 1 is 0.253 bits per heavy atom. The minimum Gasteiger partial charge on any atom is -0.462 e. The lowest BCUT2D eigenvalue weighted by Crippen LogP contribution is -2.30. The van der Waals surface area contributed by atoms with Gasteiger partial charge in [-0.3, -0.25) is 14.4 Å². The van der Waals surface area contributed by atoms with Gasteiger partial charge in [-0.2, -0.15) is 0 Å². The first-order valence-corrected chi connectivity index (χ1v) is 35.4. The summed E-state index contributed by atoms with van der Waals surface area (Å²) in [4.78, 5) is 38.5. The van der Waals surface area contributed by atoms with E-state index in [1.807, 2.05) is 0 Å². The van der Waals surface area contributed by atoms with Crippen LogP contribution in [0.3, 0.4) is 0 Å². The van der Waals surface area contributed by atoms with Gasteiger partial charge in [-0.05, 0) is 128 Å². The van der Waals surface area contributed by atoms with E-state index in [1.54, 1.807) is 0 Å². The standard InChI is InChI=1S/C77H132O6/c1-4-7-10-13-16-19-22-25-28-30-32-34-36-37-38-39-41-42-44-46-49-52-55-58-61-64-67-70-76(79)82-73-74(72-81-75(78)69-66-63-60-57-54-51-48-27-24-21-18-15-12-9-6-3)83-77(80)71-68-65-62-59-56-53-50-47-45-43-40-35-33-31-29-26-23-20-17-14-11-8-5-2/h9,12,18,21-23,25-27,30-33,36-37,40,43,48,74H,4-8,10-11,13-17,19-20,24,28-29,34-35,38-39,41-42,44-47,49-73H2,1-3H3/b12-9-,21-18-,25-22-,26-23-,32-30-,33-31-,37-36-,43-40-,48-27-. The second kappa shape index (κ2) is 70.6. The lowest BCUT2D eigenvalue weighted by atomic mass is 10.0. The maximum atomic E-state index is 13.0. The van der Waals surface area contributed by atoms with Gasteiger partial charge in [0.25, 0.3) is 0 Å². The highest BCUT2D eigenvalue weighted by molar-refractivity contribution is 5.71. The van der Waals surface area contributed by atoms with Crippen LogP contribution in [0.1, 0.15) is 342 Å². The number of ether oxygens (including phenoxy) is 3. The molecule has 6 heteroatoms. The molecule has 0 bridgehead atoms. The Kier molecular flexibility index (Phi) is 67.2. The zero-order valence-electron chi connectivity index (χ0n) is 54.7. The third kappa shape index (κ3) is 68.7. The molecule has 476 valence electrons. The number of hydrogen-bond donors (Lipinski definition) is 0. The van der Waals surface area contributed by atoms with E-state index in [4.69, 9.17) is 14.2 Å². The van der Waals surface area contributed by atoms with Crippen molar-refractivity contribution in [2.24, 2.45) is 0 Å². The smallest absolute Gasteiger partial charge is 0.306 e. The van der Waals surface area contributed by atoms with Gasteiger partial charge in [0.2, 0.25) is 0 Å². The van der Waals surface area contributed by atoms with Crippen molar-refractivity contribution >= 4 is 17.9 Å². The van der Waals surface area contributed by atoms with Crippen LogP contribution in [0, 0.1) is 0 Å². The van der Waals surface area contributed by atoms with Crippen LogP contribution in [0.25, 0.3) is 0 Å². The monoisotopic (exact) mass is 1150 g/mol. The highest BCUT2D eigenvalue weighted by atomic mass is 16.6. The molecule has 1 unspecified atom stereocenters. The SMILES string of the molecule is CC/C=C\C/C=C\C/C=C\CCCCCCCC(=O)OCC(COC(=O)CCCCCCCCCCCCCC/C=C\C/C=C\C/C=C\CCCCCCC)OC(=O)CCCCCCCCCC/C=C\C/C=C\C/C=C\CCCCCCC. The van der Waals surface area contributed by atoms with Crippen molar-refractivity contribution in [1.82, 2.24) is 0 Å². The number of carbonyl (C=O) groups is 3. The molecule has 0 aliphatic heterocycles. The van der Waals surface area contributed by atoms with Crippen LogP contribution < -0.4 is 0 Å². The minimum absolute atomic E-state index is 0.0877. The van der Waals surface area contributed by atoms with E-state index in [0.717, 1.165) is 128 Å². The molecule has 0 rings (SSSR count). The second-order valence-electron chi connectivity index (χ2n) is 23.4. The van der Waals surface area contributed by atoms with E-state index in [2.05, 4.69) is 130 Å². The van der Waals surface area contributed by atoms with E-state index >= 15 is 0 Å². The molecule has 0 aliphatic rings. The summed E-state index contributed by atoms with van der Waals surface area (Å²) in [5.41, 5.74) is 0. The lowest BCUT2D eigenvalue weighted by Gasteiger charge is -2.18. The predicted octanol–water partition coefficient (Wildman–Crippen LogP) is 24.6. The van der Waals surface area contributed by atoms with Crippen molar-refractivity contribution in [2.45, 2.75) is 348 Å². The molecule has 83 heavy (non-hydrogen) atoms. The lowest BCUT2D eigenvalue weighted by molar-refractivity contribution is -0.167. The predicted molar refractivity (Wildman–Crippen MR) is 362 cm³/mol. The van der Waals surface area contributed by atoms with E-state index < -0.39 is 6.10 Å². The number of rotatable bonds is 64. The summed E-state index contributed by atoms with van der Waals surface area (Å²) in [5.74, 6) is -0.902. The summed E-state index contributed by atoms with van der Waals surface area (Å²) < 4.78 is 17.0. The van der Waals surface area contributed by atoms with Crippen LogP contribution in [0.15, 0.2) is 109 Å². The first-order chi connectivity index (χ1) is 41.0. The summed E-state index contributed by atoms with van der Waals surface area (Å²) in [5, 5.41) is 0. The number of unbranched alkanes of at least 4 members (excludes halogenated alkanes) is 35. The van der Waals surface area contributed by atoms with Crippen molar-refractivity contribution in [3.63, 3.8) is 0 Å². The maximum absolute atomic E-state index is 13.0. The van der Waals surface area contributed by atoms with Crippen molar-refractivity contribution < 1.29 is 28.6 Å². The van der Waals surface area contributed by atoms with Crippen LogP contribution in [0.5, 0.6) is 0 Å².